The highest BCUT2D eigenvalue weighted by Crippen LogP contribution is 2.17. The van der Waals surface area contributed by atoms with Crippen LogP contribution >= 0.6 is 0 Å². The van der Waals surface area contributed by atoms with Gasteiger partial charge in [-0.2, -0.15) is 0 Å². The smallest absolute Gasteiger partial charge is 0.223 e. The van der Waals surface area contributed by atoms with Crippen molar-refractivity contribution in [2.75, 3.05) is 0 Å². The highest BCUT2D eigenvalue weighted by Gasteiger charge is 2.15. The lowest BCUT2D eigenvalue weighted by Crippen LogP contribution is -2.31. The van der Waals surface area contributed by atoms with Crippen molar-refractivity contribution in [3.05, 3.63) is 35.6 Å². The number of halogens is 1. The molecule has 1 rings (SSSR count). The Morgan fingerprint density at radius 3 is 2.62 bits per heavy atom. The van der Waals surface area contributed by atoms with Crippen LogP contribution in [0.1, 0.15) is 38.8 Å². The average molecular weight is 223 g/mol. The van der Waals surface area contributed by atoms with Gasteiger partial charge < -0.3 is 5.32 Å². The standard InChI is InChI=1S/C13H18FNO/c1-4-12(15-13(16)9(2)3)10-6-5-7-11(14)8-10/h5-9,12H,4H2,1-3H3,(H,15,16)/t12-/m1/s1. The van der Waals surface area contributed by atoms with Gasteiger partial charge in [-0.25, -0.2) is 4.39 Å². The van der Waals surface area contributed by atoms with Crippen molar-refractivity contribution in [1.29, 1.82) is 0 Å². The summed E-state index contributed by atoms with van der Waals surface area (Å²) in [5.74, 6) is -0.325. The maximum atomic E-state index is 13.0. The molecule has 1 aromatic rings. The molecule has 0 spiro atoms. The average Bonchev–Trinajstić information content (AvgIpc) is 2.25. The molecular formula is C13H18FNO. The van der Waals surface area contributed by atoms with E-state index in [0.717, 1.165) is 12.0 Å². The Balaban J connectivity index is 2.78. The van der Waals surface area contributed by atoms with Crippen LogP contribution in [-0.4, -0.2) is 5.91 Å². The Morgan fingerprint density at radius 1 is 1.44 bits per heavy atom. The van der Waals surface area contributed by atoms with Crippen molar-refractivity contribution in [3.63, 3.8) is 0 Å². The molecule has 0 bridgehead atoms. The number of hydrogen-bond acceptors (Lipinski definition) is 1. The number of carbonyl (C=O) groups excluding carboxylic acids is 1. The van der Waals surface area contributed by atoms with Crippen molar-refractivity contribution < 1.29 is 9.18 Å². The molecule has 2 nitrogen and oxygen atoms in total. The molecule has 0 radical (unpaired) electrons. The second-order valence-corrected chi connectivity index (χ2v) is 4.18. The molecule has 16 heavy (non-hydrogen) atoms. The Morgan fingerprint density at radius 2 is 2.12 bits per heavy atom. The van der Waals surface area contributed by atoms with Crippen LogP contribution in [0, 0.1) is 11.7 Å². The fourth-order valence-corrected chi connectivity index (χ4v) is 1.48. The van der Waals surface area contributed by atoms with Crippen molar-refractivity contribution in [1.82, 2.24) is 5.32 Å². The largest absolute Gasteiger partial charge is 0.349 e. The Hall–Kier alpha value is -1.38. The zero-order valence-electron chi connectivity index (χ0n) is 9.96. The van der Waals surface area contributed by atoms with E-state index in [1.165, 1.54) is 12.1 Å². The predicted molar refractivity (Wildman–Crippen MR) is 62.4 cm³/mol. The van der Waals surface area contributed by atoms with Gasteiger partial charge in [-0.15, -0.1) is 0 Å². The molecule has 3 heteroatoms. The van der Waals surface area contributed by atoms with E-state index in [0.29, 0.717) is 0 Å². The van der Waals surface area contributed by atoms with Gasteiger partial charge in [-0.3, -0.25) is 4.79 Å². The van der Waals surface area contributed by atoms with E-state index in [-0.39, 0.29) is 23.7 Å². The number of hydrogen-bond donors (Lipinski definition) is 1. The molecular weight excluding hydrogens is 205 g/mol. The first-order chi connectivity index (χ1) is 7.54. The van der Waals surface area contributed by atoms with Crippen LogP contribution in [0.15, 0.2) is 24.3 Å². The summed E-state index contributed by atoms with van der Waals surface area (Å²) in [6.45, 7) is 5.65. The first-order valence-corrected chi connectivity index (χ1v) is 5.60. The first-order valence-electron chi connectivity index (χ1n) is 5.60. The highest BCUT2D eigenvalue weighted by molar-refractivity contribution is 5.78. The van der Waals surface area contributed by atoms with Gasteiger partial charge in [0.1, 0.15) is 5.82 Å². The minimum Gasteiger partial charge on any atom is -0.349 e. The third-order valence-electron chi connectivity index (χ3n) is 2.50. The molecule has 0 aromatic heterocycles. The van der Waals surface area contributed by atoms with E-state index in [2.05, 4.69) is 5.32 Å². The molecule has 1 N–H and O–H groups in total. The van der Waals surface area contributed by atoms with E-state index in [4.69, 9.17) is 0 Å². The van der Waals surface area contributed by atoms with Gasteiger partial charge in [0.05, 0.1) is 6.04 Å². The van der Waals surface area contributed by atoms with Crippen LogP contribution in [0.3, 0.4) is 0 Å². The number of amides is 1. The third-order valence-corrected chi connectivity index (χ3v) is 2.50. The molecule has 88 valence electrons. The lowest BCUT2D eigenvalue weighted by molar-refractivity contribution is -0.124. The van der Waals surface area contributed by atoms with Crippen LogP contribution in [0.4, 0.5) is 4.39 Å². The van der Waals surface area contributed by atoms with Crippen LogP contribution in [-0.2, 0) is 4.79 Å². The van der Waals surface area contributed by atoms with Crippen molar-refractivity contribution in [2.45, 2.75) is 33.2 Å². The van der Waals surface area contributed by atoms with Crippen LogP contribution < -0.4 is 5.32 Å². The molecule has 0 unspecified atom stereocenters. The Labute approximate surface area is 95.9 Å². The molecule has 1 atom stereocenters. The number of rotatable bonds is 4. The SMILES string of the molecule is CC[C@@H](NC(=O)C(C)C)c1cccc(F)c1. The molecule has 1 amide bonds. The molecule has 0 aliphatic heterocycles. The van der Waals surface area contributed by atoms with E-state index in [1.807, 2.05) is 26.8 Å². The molecule has 0 heterocycles. The van der Waals surface area contributed by atoms with Gasteiger partial charge in [0.25, 0.3) is 0 Å². The summed E-state index contributed by atoms with van der Waals surface area (Å²) in [4.78, 5) is 11.6. The Kier molecular flexibility index (Phi) is 4.47. The number of nitrogens with one attached hydrogen (secondary N) is 1. The van der Waals surface area contributed by atoms with Gasteiger partial charge in [0.15, 0.2) is 0 Å². The lowest BCUT2D eigenvalue weighted by atomic mass is 10.0. The van der Waals surface area contributed by atoms with Crippen LogP contribution in [0.25, 0.3) is 0 Å². The monoisotopic (exact) mass is 223 g/mol. The summed E-state index contributed by atoms with van der Waals surface area (Å²) in [6.07, 6.45) is 0.752. The van der Waals surface area contributed by atoms with E-state index < -0.39 is 0 Å². The number of benzene rings is 1. The van der Waals surface area contributed by atoms with Gasteiger partial charge in [0, 0.05) is 5.92 Å². The second-order valence-electron chi connectivity index (χ2n) is 4.18. The summed E-state index contributed by atoms with van der Waals surface area (Å²) in [7, 11) is 0. The van der Waals surface area contributed by atoms with Crippen molar-refractivity contribution in [3.8, 4) is 0 Å². The van der Waals surface area contributed by atoms with E-state index >= 15 is 0 Å². The molecule has 0 aliphatic rings. The summed E-state index contributed by atoms with van der Waals surface area (Å²) in [5.41, 5.74) is 0.816. The normalized spacial score (nSPS) is 12.6. The predicted octanol–water partition coefficient (Wildman–Crippen LogP) is 3.05. The first kappa shape index (κ1) is 12.7. The molecule has 0 saturated carbocycles. The summed E-state index contributed by atoms with van der Waals surface area (Å²) >= 11 is 0. The fraction of sp³-hybridized carbons (Fsp3) is 0.462. The van der Waals surface area contributed by atoms with Gasteiger partial charge in [-0.1, -0.05) is 32.9 Å². The molecule has 0 saturated heterocycles. The lowest BCUT2D eigenvalue weighted by Gasteiger charge is -2.18. The second kappa shape index (κ2) is 5.64. The zero-order valence-corrected chi connectivity index (χ0v) is 9.96. The third kappa shape index (κ3) is 3.33. The maximum Gasteiger partial charge on any atom is 0.223 e. The molecule has 1 aromatic carbocycles. The maximum absolute atomic E-state index is 13.0. The molecule has 0 fully saturated rings. The van der Waals surface area contributed by atoms with Gasteiger partial charge in [0.2, 0.25) is 5.91 Å². The van der Waals surface area contributed by atoms with Gasteiger partial charge in [-0.05, 0) is 24.1 Å². The highest BCUT2D eigenvalue weighted by atomic mass is 19.1. The zero-order chi connectivity index (χ0) is 12.1. The van der Waals surface area contributed by atoms with E-state index in [1.54, 1.807) is 6.07 Å². The van der Waals surface area contributed by atoms with Crippen molar-refractivity contribution in [2.24, 2.45) is 5.92 Å². The minimum atomic E-state index is -0.269. The minimum absolute atomic E-state index is 0.00360. The number of carbonyl (C=O) groups is 1. The summed E-state index contributed by atoms with van der Waals surface area (Å²) < 4.78 is 13.0. The summed E-state index contributed by atoms with van der Waals surface area (Å²) in [6, 6.07) is 6.26. The fourth-order valence-electron chi connectivity index (χ4n) is 1.48. The topological polar surface area (TPSA) is 29.1 Å². The van der Waals surface area contributed by atoms with Crippen LogP contribution in [0.5, 0.6) is 0 Å². The Bertz CT molecular complexity index is 363. The van der Waals surface area contributed by atoms with Crippen molar-refractivity contribution >= 4 is 5.91 Å². The van der Waals surface area contributed by atoms with Crippen LogP contribution in [0.2, 0.25) is 0 Å². The molecule has 0 aliphatic carbocycles. The summed E-state index contributed by atoms with van der Waals surface area (Å²) in [5, 5.41) is 2.90. The van der Waals surface area contributed by atoms with Gasteiger partial charge >= 0.3 is 0 Å². The quantitative estimate of drug-likeness (QED) is 0.835. The van der Waals surface area contributed by atoms with E-state index in [9.17, 15) is 9.18 Å².